The van der Waals surface area contributed by atoms with Gasteiger partial charge in [0.15, 0.2) is 6.04 Å². The average molecular weight is 315 g/mol. The first-order chi connectivity index (χ1) is 11.0. The maximum absolute atomic E-state index is 12.9. The fourth-order valence-electron chi connectivity index (χ4n) is 2.52. The van der Waals surface area contributed by atoms with Crippen molar-refractivity contribution in [2.75, 3.05) is 5.32 Å². The molecule has 0 fully saturated rings. The van der Waals surface area contributed by atoms with E-state index in [-0.39, 0.29) is 23.8 Å². The van der Waals surface area contributed by atoms with Gasteiger partial charge >= 0.3 is 0 Å². The zero-order chi connectivity index (χ0) is 16.8. The van der Waals surface area contributed by atoms with Gasteiger partial charge in [-0.15, -0.1) is 0 Å². The first-order valence-corrected chi connectivity index (χ1v) is 7.97. The van der Waals surface area contributed by atoms with Crippen molar-refractivity contribution in [2.24, 2.45) is 0 Å². The molecule has 2 rings (SSSR count). The van der Waals surface area contributed by atoms with Crippen LogP contribution in [-0.4, -0.2) is 11.9 Å². The van der Waals surface area contributed by atoms with Crippen molar-refractivity contribution in [3.8, 4) is 0 Å². The van der Waals surface area contributed by atoms with Gasteiger partial charge < -0.3 is 10.6 Å². The Bertz CT molecular complexity index is 637. The van der Waals surface area contributed by atoms with Crippen molar-refractivity contribution in [3.05, 3.63) is 65.5 Å². The number of halogens is 1. The Kier molecular flexibility index (Phi) is 5.88. The topological polar surface area (TPSA) is 45.7 Å². The molecule has 0 saturated carbocycles. The number of carbonyl (C=O) groups is 1. The van der Waals surface area contributed by atoms with E-state index in [1.165, 1.54) is 23.3 Å². The van der Waals surface area contributed by atoms with Gasteiger partial charge in [0.05, 0.1) is 0 Å². The van der Waals surface area contributed by atoms with E-state index in [0.717, 1.165) is 6.42 Å². The average Bonchev–Trinajstić information content (AvgIpc) is 2.55. The predicted octanol–water partition coefficient (Wildman–Crippen LogP) is 3.18. The summed E-state index contributed by atoms with van der Waals surface area (Å²) in [5.41, 5.74) is 3.06. The highest BCUT2D eigenvalue weighted by Gasteiger charge is 2.22. The molecule has 0 bridgehead atoms. The minimum atomic E-state index is -0.312. The van der Waals surface area contributed by atoms with E-state index in [0.29, 0.717) is 5.69 Å². The molecule has 3 N–H and O–H groups in total. The van der Waals surface area contributed by atoms with Gasteiger partial charge in [-0.2, -0.15) is 0 Å². The minimum absolute atomic E-state index is 0.0813. The minimum Gasteiger partial charge on any atom is -0.330 e. The molecule has 0 radical (unpaired) electrons. The SMILES string of the molecule is CC[C@H]([NH2+][C@H](C)C(=O)Nc1ccc(F)cc1)c1ccc(C)cc1. The van der Waals surface area contributed by atoms with E-state index in [4.69, 9.17) is 0 Å². The normalized spacial score (nSPS) is 13.4. The lowest BCUT2D eigenvalue weighted by atomic mass is 10.0. The summed E-state index contributed by atoms with van der Waals surface area (Å²) >= 11 is 0. The fourth-order valence-corrected chi connectivity index (χ4v) is 2.52. The standard InChI is InChI=1S/C19H23FN2O/c1-4-18(15-7-5-13(2)6-8-15)21-14(3)19(23)22-17-11-9-16(20)10-12-17/h5-12,14,18,21H,4H2,1-3H3,(H,22,23)/p+1/t14-,18+/m1/s1. The molecule has 2 aromatic carbocycles. The molecule has 23 heavy (non-hydrogen) atoms. The first-order valence-electron chi connectivity index (χ1n) is 7.97. The Labute approximate surface area is 136 Å². The molecule has 0 heterocycles. The maximum Gasteiger partial charge on any atom is 0.282 e. The molecule has 0 unspecified atom stereocenters. The van der Waals surface area contributed by atoms with Crippen LogP contribution >= 0.6 is 0 Å². The molecular weight excluding hydrogens is 291 g/mol. The Balaban J connectivity index is 1.98. The molecule has 2 aromatic rings. The summed E-state index contributed by atoms with van der Waals surface area (Å²) in [4.78, 5) is 12.3. The number of hydrogen-bond acceptors (Lipinski definition) is 1. The highest BCUT2D eigenvalue weighted by atomic mass is 19.1. The Hall–Kier alpha value is -2.20. The van der Waals surface area contributed by atoms with Crippen molar-refractivity contribution in [3.63, 3.8) is 0 Å². The highest BCUT2D eigenvalue weighted by Crippen LogP contribution is 2.14. The number of nitrogens with one attached hydrogen (secondary N) is 1. The molecule has 0 aliphatic rings. The van der Waals surface area contributed by atoms with Gasteiger partial charge in [-0.1, -0.05) is 36.8 Å². The van der Waals surface area contributed by atoms with Crippen molar-refractivity contribution < 1.29 is 14.5 Å². The van der Waals surface area contributed by atoms with Crippen LogP contribution in [0.25, 0.3) is 0 Å². The lowest BCUT2D eigenvalue weighted by Crippen LogP contribution is -2.92. The van der Waals surface area contributed by atoms with Gasteiger partial charge in [-0.3, -0.25) is 4.79 Å². The van der Waals surface area contributed by atoms with Crippen LogP contribution in [0.4, 0.5) is 10.1 Å². The number of amides is 1. The number of nitrogens with two attached hydrogens (primary N) is 1. The third kappa shape index (κ3) is 4.89. The molecule has 0 aliphatic heterocycles. The number of quaternary nitrogens is 1. The lowest BCUT2D eigenvalue weighted by molar-refractivity contribution is -0.713. The summed E-state index contributed by atoms with van der Waals surface area (Å²) in [5, 5.41) is 4.90. The summed E-state index contributed by atoms with van der Waals surface area (Å²) in [6, 6.07) is 14.2. The van der Waals surface area contributed by atoms with E-state index in [2.05, 4.69) is 48.7 Å². The van der Waals surface area contributed by atoms with Crippen LogP contribution in [0, 0.1) is 12.7 Å². The van der Waals surface area contributed by atoms with Gasteiger partial charge in [0.2, 0.25) is 0 Å². The molecule has 0 saturated heterocycles. The van der Waals surface area contributed by atoms with Gasteiger partial charge in [0, 0.05) is 17.7 Å². The van der Waals surface area contributed by atoms with Gasteiger partial charge in [0.1, 0.15) is 11.9 Å². The lowest BCUT2D eigenvalue weighted by Gasteiger charge is -2.19. The monoisotopic (exact) mass is 315 g/mol. The molecule has 0 spiro atoms. The third-order valence-electron chi connectivity index (χ3n) is 3.99. The van der Waals surface area contributed by atoms with Crippen LogP contribution in [0.3, 0.4) is 0 Å². The van der Waals surface area contributed by atoms with Gasteiger partial charge in [-0.25, -0.2) is 4.39 Å². The number of hydrogen-bond donors (Lipinski definition) is 2. The molecule has 0 aliphatic carbocycles. The van der Waals surface area contributed by atoms with Crippen LogP contribution in [-0.2, 0) is 4.79 Å². The maximum atomic E-state index is 12.9. The van der Waals surface area contributed by atoms with E-state index < -0.39 is 0 Å². The largest absolute Gasteiger partial charge is 0.330 e. The van der Waals surface area contributed by atoms with Crippen molar-refractivity contribution in [2.45, 2.75) is 39.3 Å². The quantitative estimate of drug-likeness (QED) is 0.845. The second kappa shape index (κ2) is 7.88. The second-order valence-electron chi connectivity index (χ2n) is 5.90. The van der Waals surface area contributed by atoms with E-state index >= 15 is 0 Å². The highest BCUT2D eigenvalue weighted by molar-refractivity contribution is 5.93. The summed E-state index contributed by atoms with van der Waals surface area (Å²) in [7, 11) is 0. The summed E-state index contributed by atoms with van der Waals surface area (Å²) < 4.78 is 12.9. The van der Waals surface area contributed by atoms with Crippen LogP contribution in [0.1, 0.15) is 37.4 Å². The van der Waals surface area contributed by atoms with E-state index in [9.17, 15) is 9.18 Å². The van der Waals surface area contributed by atoms with Crippen LogP contribution < -0.4 is 10.6 Å². The second-order valence-corrected chi connectivity index (χ2v) is 5.90. The molecule has 2 atom stereocenters. The predicted molar refractivity (Wildman–Crippen MR) is 90.6 cm³/mol. The number of anilines is 1. The van der Waals surface area contributed by atoms with Crippen LogP contribution in [0.5, 0.6) is 0 Å². The fraction of sp³-hybridized carbons (Fsp3) is 0.316. The summed E-state index contributed by atoms with van der Waals surface area (Å²) in [5.74, 6) is -0.393. The Morgan fingerprint density at radius 1 is 1.13 bits per heavy atom. The van der Waals surface area contributed by atoms with Gasteiger partial charge in [0.25, 0.3) is 5.91 Å². The molecule has 3 nitrogen and oxygen atoms in total. The Morgan fingerprint density at radius 2 is 1.74 bits per heavy atom. The zero-order valence-electron chi connectivity index (χ0n) is 13.8. The van der Waals surface area contributed by atoms with Crippen LogP contribution in [0.2, 0.25) is 0 Å². The Morgan fingerprint density at radius 3 is 2.30 bits per heavy atom. The smallest absolute Gasteiger partial charge is 0.282 e. The molecule has 122 valence electrons. The molecule has 1 amide bonds. The third-order valence-corrected chi connectivity index (χ3v) is 3.99. The van der Waals surface area contributed by atoms with Crippen molar-refractivity contribution >= 4 is 11.6 Å². The van der Waals surface area contributed by atoms with Crippen LogP contribution in [0.15, 0.2) is 48.5 Å². The summed E-state index contributed by atoms with van der Waals surface area (Å²) in [6.45, 7) is 6.06. The van der Waals surface area contributed by atoms with E-state index in [1.807, 2.05) is 6.92 Å². The number of benzene rings is 2. The van der Waals surface area contributed by atoms with Crippen molar-refractivity contribution in [1.82, 2.24) is 0 Å². The van der Waals surface area contributed by atoms with Gasteiger partial charge in [-0.05, 0) is 38.1 Å². The molecular formula is C19H24FN2O+. The molecule has 4 heteroatoms. The number of aryl methyl sites for hydroxylation is 1. The number of rotatable bonds is 6. The zero-order valence-corrected chi connectivity index (χ0v) is 13.8. The summed E-state index contributed by atoms with van der Waals surface area (Å²) in [6.07, 6.45) is 0.942. The van der Waals surface area contributed by atoms with E-state index in [1.54, 1.807) is 12.1 Å². The number of carbonyl (C=O) groups excluding carboxylic acids is 1. The molecule has 0 aromatic heterocycles. The van der Waals surface area contributed by atoms with Crippen molar-refractivity contribution in [1.29, 1.82) is 0 Å². The first kappa shape index (κ1) is 17.2.